The number of hydrogen-bond donors (Lipinski definition) is 0. The number of benzene rings is 14. The molecule has 144 heavy (non-hydrogen) atoms. The molecule has 0 aliphatic rings. The van der Waals surface area contributed by atoms with Gasteiger partial charge in [-0.05, 0) is 333 Å². The molecule has 0 saturated carbocycles. The van der Waals surface area contributed by atoms with E-state index in [1.807, 2.05) is 26.8 Å². The van der Waals surface area contributed by atoms with Gasteiger partial charge in [0.2, 0.25) is 0 Å². The Kier molecular flexibility index (Phi) is 29.3. The van der Waals surface area contributed by atoms with Gasteiger partial charge in [0.25, 0.3) is 0 Å². The Balaban J connectivity index is 0.000000156. The van der Waals surface area contributed by atoms with Gasteiger partial charge in [-0.2, -0.15) is 5.26 Å². The van der Waals surface area contributed by atoms with Crippen molar-refractivity contribution in [2.45, 2.75) is 309 Å². The van der Waals surface area contributed by atoms with Crippen molar-refractivity contribution in [1.82, 2.24) is 27.7 Å². The fourth-order valence-corrected chi connectivity index (χ4v) is 18.8. The molecule has 0 bridgehead atoms. The molecule has 5 heterocycles. The Morgan fingerprint density at radius 2 is 0.361 bits per heavy atom. The molecule has 0 N–H and O–H groups in total. The lowest BCUT2D eigenvalue weighted by atomic mass is 9.85. The largest absolute Gasteiger partial charge is 0.370 e. The normalized spacial score (nSPS) is 12.9. The molecule has 0 fully saturated rings. The summed E-state index contributed by atoms with van der Waals surface area (Å²) in [4.78, 5) is 4.46. The van der Waals surface area contributed by atoms with Crippen LogP contribution in [0.15, 0.2) is 297 Å². The molecule has 14 aromatic carbocycles. The van der Waals surface area contributed by atoms with Crippen molar-refractivity contribution in [1.29, 1.82) is 5.26 Å². The van der Waals surface area contributed by atoms with Gasteiger partial charge < -0.3 is 32.6 Å². The molecule has 0 aliphatic heterocycles. The van der Waals surface area contributed by atoms with Crippen molar-refractivity contribution in [2.24, 2.45) is 5.41 Å². The number of aromatic nitrogens is 5. The molecule has 8 heteroatoms. The van der Waals surface area contributed by atoms with Gasteiger partial charge in [-0.15, -0.1) is 0 Å². The van der Waals surface area contributed by atoms with E-state index in [0.29, 0.717) is 5.54 Å². The monoisotopic (exact) mass is 1910 g/mol. The van der Waals surface area contributed by atoms with Crippen LogP contribution in [0.25, 0.3) is 137 Å². The minimum atomic E-state index is -0.153. The van der Waals surface area contributed by atoms with E-state index in [9.17, 15) is 0 Å². The molecule has 750 valence electrons. The van der Waals surface area contributed by atoms with Gasteiger partial charge in [-0.25, -0.2) is 0 Å². The Morgan fingerprint density at radius 3 is 0.549 bits per heavy atom. The van der Waals surface area contributed by atoms with Crippen LogP contribution in [0.5, 0.6) is 0 Å². The lowest BCUT2D eigenvalue weighted by Crippen LogP contribution is -2.37. The van der Waals surface area contributed by atoms with Crippen LogP contribution in [-0.2, 0) is 48.7 Å². The van der Waals surface area contributed by atoms with E-state index >= 15 is 0 Å². The van der Waals surface area contributed by atoms with E-state index in [4.69, 9.17) is 5.26 Å². The van der Waals surface area contributed by atoms with Crippen molar-refractivity contribution in [3.05, 3.63) is 347 Å². The summed E-state index contributed by atoms with van der Waals surface area (Å²) in [5, 5.41) is 21.2. The Labute approximate surface area is 864 Å². The van der Waals surface area contributed by atoms with E-state index in [0.717, 1.165) is 0 Å². The molecule has 0 spiro atoms. The average molecular weight is 1910 g/mol. The summed E-state index contributed by atoms with van der Waals surface area (Å²) in [7, 11) is 6.29. The summed E-state index contributed by atoms with van der Waals surface area (Å²) >= 11 is 0. The second-order valence-electron chi connectivity index (χ2n) is 52.9. The lowest BCUT2D eigenvalue weighted by Gasteiger charge is -2.34. The molecule has 0 amide bonds. The van der Waals surface area contributed by atoms with Gasteiger partial charge in [0, 0.05) is 112 Å². The number of nitriles is 1. The third kappa shape index (κ3) is 23.0. The number of rotatable bonds is 6. The molecule has 0 aliphatic carbocycles. The number of nitrogens with zero attached hydrogens (tertiary/aromatic N) is 8. The zero-order valence-electron chi connectivity index (χ0n) is 94.9. The predicted octanol–water partition coefficient (Wildman–Crippen LogP) is 38.0. The van der Waals surface area contributed by atoms with Crippen molar-refractivity contribution < 1.29 is 0 Å². The molecule has 0 unspecified atom stereocenters. The van der Waals surface area contributed by atoms with Crippen molar-refractivity contribution in [3.8, 4) is 34.5 Å². The first-order chi connectivity index (χ1) is 66.7. The van der Waals surface area contributed by atoms with Crippen LogP contribution in [-0.4, -0.2) is 60.0 Å². The first kappa shape index (κ1) is 107. The number of anilines is 1. The molecule has 0 saturated heterocycles. The zero-order valence-corrected chi connectivity index (χ0v) is 94.9. The maximum atomic E-state index is 8.15. The quantitative estimate of drug-likeness (QED) is 0.167. The van der Waals surface area contributed by atoms with Crippen LogP contribution in [0, 0.1) is 16.7 Å². The summed E-state index contributed by atoms with van der Waals surface area (Å²) in [6, 6.07) is 114. The Morgan fingerprint density at radius 1 is 0.181 bits per heavy atom. The maximum absolute atomic E-state index is 8.15. The standard InChI is InChI=1S/C50H60N2.C34H28N2.C30H37N.C11H17N.C6H15N.C5H9N/c1-46(2,3)31-16-20-42-38(26-31)39-27-32(47(4,5)6)17-21-43(39)51(42)36-24-35(50(13,14)15)25-37(30-36)52-44-22-18-33(48(7,8)9)28-40(44)41-29-34(49(10,11)12)19-23-45(41)52;1-34(2,3)23-20-24(35-30-16-8-4-12-26(30)27-13-5-9-17-31(27)35)22-25(21-23)36-32-18-10-6-14-28(32)29-15-7-11-19-33(29)36;1-28(2,3)20-10-14-23(15-11-20)31-26-16-12-21(29(4,5)6)18-24(26)25-19-22(30(7,8)9)13-17-27(25)31;1-11(2,3)12(4)10-8-6-5-7-9-10;1-6(2,3)7(4)5;1-5(2,3)4-6/h16-30H,1-15H3;4-22H,1-3H3;10-19H,1-9H3;5-9H,1-4H3;1-5H3;1-3H3. The Hall–Kier alpha value is -12.7. The van der Waals surface area contributed by atoms with Gasteiger partial charge >= 0.3 is 0 Å². The van der Waals surface area contributed by atoms with Crippen molar-refractivity contribution in [3.63, 3.8) is 0 Å². The minimum Gasteiger partial charge on any atom is -0.370 e. The number of hydrogen-bond acceptors (Lipinski definition) is 3. The molecular formula is C136H166N8. The fourth-order valence-electron chi connectivity index (χ4n) is 18.8. The second-order valence-corrected chi connectivity index (χ2v) is 52.9. The van der Waals surface area contributed by atoms with E-state index in [-0.39, 0.29) is 59.7 Å². The zero-order chi connectivity index (χ0) is 106. The highest BCUT2D eigenvalue weighted by Gasteiger charge is 2.31. The van der Waals surface area contributed by atoms with Gasteiger partial charge in [0.15, 0.2) is 0 Å². The van der Waals surface area contributed by atoms with Crippen LogP contribution in [0.2, 0.25) is 0 Å². The molecule has 5 aromatic heterocycles. The van der Waals surface area contributed by atoms with Gasteiger partial charge in [0.05, 0.1) is 61.2 Å². The minimum absolute atomic E-state index is 0.00226. The SMILES string of the molecule is CC(C)(C)C#N.CC(C)(C)c1cc(-n2c3ccc(C(C)(C)C)cc3c3cc(C(C)(C)C)ccc32)cc(-n2c3ccc(C(C)(C)C)cc3c3cc(C(C)(C)C)ccc32)c1.CC(C)(C)c1cc(-n2c3ccccc3c3ccccc32)cc(-n2c3ccccc3c3ccccc32)c1.CC(C)(C)c1ccc(-n2c3ccc(C(C)(C)C)cc3c3cc(C(C)(C)C)ccc32)cc1.CN(C)C(C)(C)C.CN(c1ccccc1)C(C)(C)C. The topological polar surface area (TPSA) is 54.9 Å². The van der Waals surface area contributed by atoms with Gasteiger partial charge in [0.1, 0.15) is 0 Å². The van der Waals surface area contributed by atoms with E-state index in [1.165, 1.54) is 193 Å². The molecule has 19 rings (SSSR count). The smallest absolute Gasteiger partial charge is 0.0680 e. The van der Waals surface area contributed by atoms with Crippen molar-refractivity contribution >= 4 is 115 Å². The Bertz CT molecular complexity index is 7320. The maximum Gasteiger partial charge on any atom is 0.0680 e. The highest BCUT2D eigenvalue weighted by atomic mass is 15.2. The fraction of sp³-hybridized carbons (Fsp3) is 0.375. The molecule has 0 atom stereocenters. The van der Waals surface area contributed by atoms with Crippen LogP contribution < -0.4 is 4.90 Å². The van der Waals surface area contributed by atoms with Crippen LogP contribution in [0.1, 0.15) is 299 Å². The highest BCUT2D eigenvalue weighted by molar-refractivity contribution is 6.14. The van der Waals surface area contributed by atoms with E-state index < -0.39 is 0 Å². The molecule has 0 radical (unpaired) electrons. The van der Waals surface area contributed by atoms with E-state index in [2.05, 4.69) is 580 Å². The summed E-state index contributed by atoms with van der Waals surface area (Å²) in [5.74, 6) is 0. The molecule has 8 nitrogen and oxygen atoms in total. The van der Waals surface area contributed by atoms with E-state index in [1.54, 1.807) is 0 Å². The molecule has 19 aromatic rings. The van der Waals surface area contributed by atoms with Crippen LogP contribution >= 0.6 is 0 Å². The molecular weight excluding hydrogens is 1750 g/mol. The van der Waals surface area contributed by atoms with Crippen LogP contribution in [0.4, 0.5) is 5.69 Å². The first-order valence-corrected chi connectivity index (χ1v) is 52.3. The van der Waals surface area contributed by atoms with Gasteiger partial charge in [-0.1, -0.05) is 326 Å². The van der Waals surface area contributed by atoms with Gasteiger partial charge in [-0.3, -0.25) is 0 Å². The first-order valence-electron chi connectivity index (χ1n) is 52.3. The van der Waals surface area contributed by atoms with Crippen LogP contribution in [0.3, 0.4) is 0 Å². The number of para-hydroxylation sites is 5. The predicted molar refractivity (Wildman–Crippen MR) is 632 cm³/mol. The number of fused-ring (bicyclic) bond motifs is 15. The highest BCUT2D eigenvalue weighted by Crippen LogP contribution is 2.47. The average Bonchev–Trinajstić information content (AvgIpc) is 1.56. The third-order valence-corrected chi connectivity index (χ3v) is 29.0. The summed E-state index contributed by atoms with van der Waals surface area (Å²) < 4.78 is 12.3. The third-order valence-electron chi connectivity index (χ3n) is 29.0. The summed E-state index contributed by atoms with van der Waals surface area (Å²) in [5.41, 5.74) is 32.9. The second kappa shape index (κ2) is 39.4. The lowest BCUT2D eigenvalue weighted by molar-refractivity contribution is 0.219. The summed E-state index contributed by atoms with van der Waals surface area (Å²) in [6.45, 7) is 81.1. The van der Waals surface area contributed by atoms with Crippen molar-refractivity contribution in [2.75, 3.05) is 26.0 Å². The summed E-state index contributed by atoms with van der Waals surface area (Å²) in [6.07, 6.45) is 0.